The molecule has 7 nitrogen and oxygen atoms in total. The molecule has 2 heterocycles. The molecule has 0 fully saturated rings. The number of rotatable bonds is 3. The van der Waals surface area contributed by atoms with Crippen LogP contribution in [-0.2, 0) is 14.1 Å². The van der Waals surface area contributed by atoms with Crippen molar-refractivity contribution >= 4 is 17.0 Å². The first-order chi connectivity index (χ1) is 8.56. The van der Waals surface area contributed by atoms with Gasteiger partial charge in [-0.15, -0.1) is 6.58 Å². The quantitative estimate of drug-likeness (QED) is 0.748. The number of anilines is 1. The summed E-state index contributed by atoms with van der Waals surface area (Å²) < 4.78 is 2.30. The van der Waals surface area contributed by atoms with Crippen molar-refractivity contribution in [2.24, 2.45) is 14.1 Å². The molecule has 0 saturated carbocycles. The number of fused-ring (bicyclic) bond motifs is 1. The van der Waals surface area contributed by atoms with Crippen LogP contribution in [-0.4, -0.2) is 25.6 Å². The number of hydrogen-bond donors (Lipinski definition) is 1. The largest absolute Gasteiger partial charge is 0.365 e. The van der Waals surface area contributed by atoms with E-state index in [1.807, 2.05) is 0 Å². The normalized spacial score (nSPS) is 10.6. The Morgan fingerprint density at radius 2 is 2.11 bits per heavy atom. The first-order valence-electron chi connectivity index (χ1n) is 5.33. The smallest absolute Gasteiger partial charge is 0.332 e. The van der Waals surface area contributed by atoms with Crippen LogP contribution in [0.5, 0.6) is 0 Å². The van der Waals surface area contributed by atoms with Crippen LogP contribution in [0, 0.1) is 0 Å². The number of aryl methyl sites for hydroxylation is 1. The van der Waals surface area contributed by atoms with Gasteiger partial charge in [0.15, 0.2) is 11.2 Å². The Morgan fingerprint density at radius 3 is 2.78 bits per heavy atom. The molecule has 2 aromatic rings. The minimum atomic E-state index is -0.448. The van der Waals surface area contributed by atoms with Gasteiger partial charge < -0.3 is 5.32 Å². The van der Waals surface area contributed by atoms with Gasteiger partial charge in [0.25, 0.3) is 5.56 Å². The lowest BCUT2D eigenvalue weighted by Crippen LogP contribution is -2.37. The van der Waals surface area contributed by atoms with Gasteiger partial charge in [-0.25, -0.2) is 14.8 Å². The fourth-order valence-corrected chi connectivity index (χ4v) is 1.59. The highest BCUT2D eigenvalue weighted by Gasteiger charge is 2.11. The fraction of sp³-hybridized carbons (Fsp3) is 0.273. The van der Waals surface area contributed by atoms with Crippen molar-refractivity contribution in [1.82, 2.24) is 19.1 Å². The van der Waals surface area contributed by atoms with E-state index in [0.717, 1.165) is 4.57 Å². The summed E-state index contributed by atoms with van der Waals surface area (Å²) >= 11 is 0. The van der Waals surface area contributed by atoms with Gasteiger partial charge in [0.2, 0.25) is 0 Å². The zero-order chi connectivity index (χ0) is 13.3. The van der Waals surface area contributed by atoms with Gasteiger partial charge in [-0.3, -0.25) is 13.9 Å². The van der Waals surface area contributed by atoms with Gasteiger partial charge in [-0.1, -0.05) is 6.08 Å². The average molecular weight is 247 g/mol. The topological polar surface area (TPSA) is 81.8 Å². The van der Waals surface area contributed by atoms with E-state index < -0.39 is 11.2 Å². The van der Waals surface area contributed by atoms with E-state index in [2.05, 4.69) is 21.9 Å². The minimum Gasteiger partial charge on any atom is -0.365 e. The van der Waals surface area contributed by atoms with Crippen LogP contribution in [0.3, 0.4) is 0 Å². The first kappa shape index (κ1) is 12.0. The molecule has 7 heteroatoms. The van der Waals surface area contributed by atoms with Gasteiger partial charge in [0, 0.05) is 20.6 Å². The van der Waals surface area contributed by atoms with Crippen LogP contribution in [0.4, 0.5) is 5.82 Å². The minimum absolute atomic E-state index is 0.170. The van der Waals surface area contributed by atoms with Gasteiger partial charge in [-0.05, 0) is 0 Å². The molecule has 0 aliphatic rings. The molecule has 2 aromatic heterocycles. The Bertz CT molecular complexity index is 729. The number of nitrogens with zero attached hydrogens (tertiary/aromatic N) is 4. The first-order valence-corrected chi connectivity index (χ1v) is 5.33. The second kappa shape index (κ2) is 4.44. The number of hydrogen-bond acceptors (Lipinski definition) is 5. The van der Waals surface area contributed by atoms with Crippen molar-refractivity contribution in [2.45, 2.75) is 0 Å². The van der Waals surface area contributed by atoms with Crippen LogP contribution in [0.15, 0.2) is 28.4 Å². The zero-order valence-corrected chi connectivity index (χ0v) is 10.2. The molecule has 0 aliphatic heterocycles. The predicted octanol–water partition coefficient (Wildman–Crippen LogP) is -0.375. The summed E-state index contributed by atoms with van der Waals surface area (Å²) in [7, 11) is 2.96. The maximum Gasteiger partial charge on any atom is 0.332 e. The molecule has 0 radical (unpaired) electrons. The van der Waals surface area contributed by atoms with E-state index >= 15 is 0 Å². The zero-order valence-electron chi connectivity index (χ0n) is 10.2. The molecule has 0 amide bonds. The standard InChI is InChI=1S/C11H13N5O2/c1-4-5-12-7-6-13-8-9(14-7)15(2)11(18)16(3)10(8)17/h4,6H,1,5H2,2-3H3,(H,12,14). The molecule has 0 aromatic carbocycles. The summed E-state index contributed by atoms with van der Waals surface area (Å²) in [4.78, 5) is 31.8. The van der Waals surface area contributed by atoms with Gasteiger partial charge in [0.05, 0.1) is 6.20 Å². The molecule has 2 rings (SSSR count). The van der Waals surface area contributed by atoms with E-state index in [1.54, 1.807) is 13.1 Å². The van der Waals surface area contributed by atoms with Gasteiger partial charge >= 0.3 is 5.69 Å². The van der Waals surface area contributed by atoms with Crippen LogP contribution >= 0.6 is 0 Å². The summed E-state index contributed by atoms with van der Waals surface area (Å²) in [6.45, 7) is 4.10. The van der Waals surface area contributed by atoms with Crippen LogP contribution < -0.4 is 16.6 Å². The molecule has 18 heavy (non-hydrogen) atoms. The second-order valence-corrected chi connectivity index (χ2v) is 3.80. The van der Waals surface area contributed by atoms with E-state index in [1.165, 1.54) is 17.8 Å². The summed E-state index contributed by atoms with van der Waals surface area (Å²) in [6.07, 6.45) is 3.13. The Kier molecular flexibility index (Phi) is 2.97. The van der Waals surface area contributed by atoms with Gasteiger partial charge in [0.1, 0.15) is 5.82 Å². The number of aromatic nitrogens is 4. The maximum absolute atomic E-state index is 11.8. The van der Waals surface area contributed by atoms with Crippen molar-refractivity contribution in [2.75, 3.05) is 11.9 Å². The fourth-order valence-electron chi connectivity index (χ4n) is 1.59. The van der Waals surface area contributed by atoms with Crippen LogP contribution in [0.1, 0.15) is 0 Å². The highest BCUT2D eigenvalue weighted by molar-refractivity contribution is 5.70. The molecule has 0 bridgehead atoms. The van der Waals surface area contributed by atoms with E-state index in [4.69, 9.17) is 0 Å². The highest BCUT2D eigenvalue weighted by atomic mass is 16.2. The van der Waals surface area contributed by atoms with Crippen molar-refractivity contribution < 1.29 is 0 Å². The third kappa shape index (κ3) is 1.79. The van der Waals surface area contributed by atoms with E-state index in [9.17, 15) is 9.59 Å². The average Bonchev–Trinajstić information content (AvgIpc) is 2.40. The third-order valence-corrected chi connectivity index (χ3v) is 2.58. The molecular formula is C11H13N5O2. The molecule has 94 valence electrons. The third-order valence-electron chi connectivity index (χ3n) is 2.58. The van der Waals surface area contributed by atoms with Crippen LogP contribution in [0.25, 0.3) is 11.2 Å². The monoisotopic (exact) mass is 247 g/mol. The lowest BCUT2D eigenvalue weighted by atomic mass is 10.4. The molecule has 0 atom stereocenters. The lowest BCUT2D eigenvalue weighted by Gasteiger charge is -2.07. The van der Waals surface area contributed by atoms with E-state index in [-0.39, 0.29) is 11.2 Å². The van der Waals surface area contributed by atoms with Crippen molar-refractivity contribution in [3.63, 3.8) is 0 Å². The second-order valence-electron chi connectivity index (χ2n) is 3.80. The summed E-state index contributed by atoms with van der Waals surface area (Å²) in [5.74, 6) is 0.491. The van der Waals surface area contributed by atoms with Crippen molar-refractivity contribution in [1.29, 1.82) is 0 Å². The molecule has 0 aliphatic carbocycles. The predicted molar refractivity (Wildman–Crippen MR) is 68.7 cm³/mol. The Morgan fingerprint density at radius 1 is 1.39 bits per heavy atom. The van der Waals surface area contributed by atoms with Gasteiger partial charge in [-0.2, -0.15) is 0 Å². The lowest BCUT2D eigenvalue weighted by molar-refractivity contribution is 0.704. The maximum atomic E-state index is 11.8. The van der Waals surface area contributed by atoms with E-state index in [0.29, 0.717) is 12.4 Å². The van der Waals surface area contributed by atoms with Crippen molar-refractivity contribution in [3.05, 3.63) is 39.7 Å². The Balaban J connectivity index is 2.74. The number of nitrogens with one attached hydrogen (secondary N) is 1. The summed E-state index contributed by atoms with van der Waals surface area (Å²) in [5, 5.41) is 2.95. The SMILES string of the molecule is C=CCNc1cnc2c(=O)n(C)c(=O)n(C)c2n1. The summed E-state index contributed by atoms with van der Waals surface area (Å²) in [5.41, 5.74) is -0.445. The van der Waals surface area contributed by atoms with Crippen molar-refractivity contribution in [3.8, 4) is 0 Å². The molecule has 0 unspecified atom stereocenters. The Hall–Kier alpha value is -2.44. The molecule has 0 spiro atoms. The molecular weight excluding hydrogens is 234 g/mol. The van der Waals surface area contributed by atoms with Crippen LogP contribution in [0.2, 0.25) is 0 Å². The summed E-state index contributed by atoms with van der Waals surface area (Å²) in [6, 6.07) is 0. The molecule has 0 saturated heterocycles. The Labute approximate surface area is 102 Å². The highest BCUT2D eigenvalue weighted by Crippen LogP contribution is 2.06. The molecule has 1 N–H and O–H groups in total.